The third-order valence-corrected chi connectivity index (χ3v) is 6.43. The lowest BCUT2D eigenvalue weighted by molar-refractivity contribution is -0.126. The quantitative estimate of drug-likeness (QED) is 0.566. The van der Waals surface area contributed by atoms with Crippen LogP contribution in [0.4, 0.5) is 5.13 Å². The van der Waals surface area contributed by atoms with Gasteiger partial charge in [0, 0.05) is 32.3 Å². The van der Waals surface area contributed by atoms with Gasteiger partial charge in [-0.3, -0.25) is 4.79 Å². The van der Waals surface area contributed by atoms with E-state index in [0.717, 1.165) is 45.5 Å². The average molecular weight is 438 g/mol. The molecular formula is C23H23N3O4S. The minimum Gasteiger partial charge on any atom is -0.492 e. The minimum atomic E-state index is 0.0141. The first-order valence-corrected chi connectivity index (χ1v) is 11.2. The Morgan fingerprint density at radius 2 is 2.00 bits per heavy atom. The van der Waals surface area contributed by atoms with Crippen molar-refractivity contribution in [2.45, 2.75) is 6.92 Å². The molecular weight excluding hydrogens is 414 g/mol. The number of hydrogen-bond acceptors (Lipinski definition) is 7. The van der Waals surface area contributed by atoms with Crippen molar-refractivity contribution in [3.8, 4) is 17.2 Å². The molecule has 0 N–H and O–H groups in total. The maximum Gasteiger partial charge on any atom is 0.246 e. The highest BCUT2D eigenvalue weighted by atomic mass is 32.1. The molecule has 1 aromatic heterocycles. The van der Waals surface area contributed by atoms with Crippen LogP contribution >= 0.6 is 11.3 Å². The van der Waals surface area contributed by atoms with Crippen LogP contribution in [0.1, 0.15) is 12.5 Å². The van der Waals surface area contributed by atoms with Crippen LogP contribution < -0.4 is 19.1 Å². The molecule has 0 aliphatic carbocycles. The molecule has 2 aromatic carbocycles. The van der Waals surface area contributed by atoms with Crippen LogP contribution in [-0.4, -0.2) is 55.4 Å². The second kappa shape index (κ2) is 8.47. The Hall–Kier alpha value is -3.26. The highest BCUT2D eigenvalue weighted by Crippen LogP contribution is 2.35. The normalized spacial score (nSPS) is 15.8. The first-order chi connectivity index (χ1) is 15.2. The third kappa shape index (κ3) is 4.03. The molecule has 0 radical (unpaired) electrons. The zero-order chi connectivity index (χ0) is 21.2. The number of amides is 1. The van der Waals surface area contributed by atoms with Crippen molar-refractivity contribution in [2.75, 3.05) is 44.5 Å². The summed E-state index contributed by atoms with van der Waals surface area (Å²) >= 11 is 1.67. The first kappa shape index (κ1) is 19.7. The molecule has 3 heterocycles. The van der Waals surface area contributed by atoms with Gasteiger partial charge in [-0.25, -0.2) is 4.98 Å². The van der Waals surface area contributed by atoms with Crippen LogP contribution in [0.2, 0.25) is 0 Å². The van der Waals surface area contributed by atoms with Crippen LogP contribution in [0.25, 0.3) is 16.3 Å². The molecule has 8 heteroatoms. The number of anilines is 1. The first-order valence-electron chi connectivity index (χ1n) is 10.3. The van der Waals surface area contributed by atoms with E-state index in [1.54, 1.807) is 17.4 Å². The van der Waals surface area contributed by atoms with Gasteiger partial charge in [0.15, 0.2) is 16.6 Å². The predicted molar refractivity (Wildman–Crippen MR) is 121 cm³/mol. The summed E-state index contributed by atoms with van der Waals surface area (Å²) in [5, 5.41) is 0.977. The van der Waals surface area contributed by atoms with Gasteiger partial charge in [-0.05, 0) is 42.8 Å². The number of fused-ring (bicyclic) bond motifs is 2. The third-order valence-electron chi connectivity index (χ3n) is 5.35. The second-order valence-electron chi connectivity index (χ2n) is 7.29. The molecule has 2 aliphatic heterocycles. The molecule has 31 heavy (non-hydrogen) atoms. The molecule has 7 nitrogen and oxygen atoms in total. The Bertz CT molecular complexity index is 1140. The van der Waals surface area contributed by atoms with Crippen molar-refractivity contribution in [1.82, 2.24) is 9.88 Å². The van der Waals surface area contributed by atoms with Crippen molar-refractivity contribution < 1.29 is 19.0 Å². The Kier molecular flexibility index (Phi) is 5.38. The van der Waals surface area contributed by atoms with Gasteiger partial charge in [0.1, 0.15) is 11.3 Å². The number of rotatable bonds is 5. The number of ether oxygens (including phenoxy) is 3. The van der Waals surface area contributed by atoms with E-state index in [9.17, 15) is 4.79 Å². The number of thiazole rings is 1. The fourth-order valence-electron chi connectivity index (χ4n) is 3.73. The second-order valence-corrected chi connectivity index (χ2v) is 8.30. The predicted octanol–water partition coefficient (Wildman–Crippen LogP) is 3.79. The van der Waals surface area contributed by atoms with Gasteiger partial charge in [-0.2, -0.15) is 0 Å². The number of benzene rings is 2. The molecule has 2 aliphatic rings. The van der Waals surface area contributed by atoms with Crippen LogP contribution in [0.15, 0.2) is 42.5 Å². The Balaban J connectivity index is 1.21. The Morgan fingerprint density at radius 3 is 2.84 bits per heavy atom. The van der Waals surface area contributed by atoms with Crippen LogP contribution in [0, 0.1) is 0 Å². The van der Waals surface area contributed by atoms with E-state index in [1.807, 2.05) is 48.2 Å². The van der Waals surface area contributed by atoms with E-state index >= 15 is 0 Å². The molecule has 3 aromatic rings. The topological polar surface area (TPSA) is 64.1 Å². The van der Waals surface area contributed by atoms with Crippen molar-refractivity contribution in [2.24, 2.45) is 0 Å². The summed E-state index contributed by atoms with van der Waals surface area (Å²) in [6.45, 7) is 5.68. The number of piperazine rings is 1. The summed E-state index contributed by atoms with van der Waals surface area (Å²) in [6.07, 6.45) is 3.44. The van der Waals surface area contributed by atoms with E-state index in [1.165, 1.54) is 0 Å². The summed E-state index contributed by atoms with van der Waals surface area (Å²) in [5.41, 5.74) is 1.82. The summed E-state index contributed by atoms with van der Waals surface area (Å²) < 4.78 is 17.5. The van der Waals surface area contributed by atoms with Gasteiger partial charge >= 0.3 is 0 Å². The zero-order valence-corrected chi connectivity index (χ0v) is 18.1. The summed E-state index contributed by atoms with van der Waals surface area (Å²) in [5.74, 6) is 2.29. The van der Waals surface area contributed by atoms with E-state index in [0.29, 0.717) is 25.4 Å². The van der Waals surface area contributed by atoms with E-state index in [-0.39, 0.29) is 12.7 Å². The fourth-order valence-corrected chi connectivity index (χ4v) is 4.76. The number of carbonyl (C=O) groups excluding carboxylic acids is 1. The van der Waals surface area contributed by atoms with Crippen molar-refractivity contribution in [1.29, 1.82) is 0 Å². The van der Waals surface area contributed by atoms with Gasteiger partial charge in [-0.1, -0.05) is 23.5 Å². The molecule has 5 rings (SSSR count). The van der Waals surface area contributed by atoms with Gasteiger partial charge in [0.25, 0.3) is 0 Å². The zero-order valence-electron chi connectivity index (χ0n) is 17.2. The molecule has 1 amide bonds. The number of para-hydroxylation sites is 1. The Labute approximate surface area is 184 Å². The molecule has 160 valence electrons. The van der Waals surface area contributed by atoms with Gasteiger partial charge in [0.05, 0.1) is 11.3 Å². The lowest BCUT2D eigenvalue weighted by Gasteiger charge is -2.34. The van der Waals surface area contributed by atoms with Gasteiger partial charge in [-0.15, -0.1) is 0 Å². The van der Waals surface area contributed by atoms with E-state index in [4.69, 9.17) is 19.2 Å². The minimum absolute atomic E-state index is 0.0141. The maximum absolute atomic E-state index is 12.6. The molecule has 1 fully saturated rings. The largest absolute Gasteiger partial charge is 0.492 e. The van der Waals surface area contributed by atoms with Crippen LogP contribution in [-0.2, 0) is 4.79 Å². The molecule has 0 bridgehead atoms. The Morgan fingerprint density at radius 1 is 1.16 bits per heavy atom. The van der Waals surface area contributed by atoms with Crippen LogP contribution in [0.5, 0.6) is 17.2 Å². The monoisotopic (exact) mass is 437 g/mol. The summed E-state index contributed by atoms with van der Waals surface area (Å²) in [6, 6.07) is 11.7. The lowest BCUT2D eigenvalue weighted by Crippen LogP contribution is -2.48. The highest BCUT2D eigenvalue weighted by Gasteiger charge is 2.22. The standard InChI is InChI=1S/C23H23N3O4S/c1-2-28-18-4-3-5-20-22(18)24-23(31-20)26-12-10-25(11-13-26)21(27)9-7-16-6-8-17-19(14-16)30-15-29-17/h3-9,14H,2,10-13,15H2,1H3/b9-7-. The van der Waals surface area contributed by atoms with Crippen molar-refractivity contribution in [3.05, 3.63) is 48.0 Å². The fraction of sp³-hybridized carbons (Fsp3) is 0.304. The number of nitrogens with zero attached hydrogens (tertiary/aromatic N) is 3. The number of hydrogen-bond donors (Lipinski definition) is 0. The van der Waals surface area contributed by atoms with E-state index < -0.39 is 0 Å². The average Bonchev–Trinajstić information content (AvgIpc) is 3.45. The van der Waals surface area contributed by atoms with Crippen LogP contribution in [0.3, 0.4) is 0 Å². The number of aromatic nitrogens is 1. The molecule has 1 saturated heterocycles. The molecule has 0 saturated carbocycles. The smallest absolute Gasteiger partial charge is 0.246 e. The van der Waals surface area contributed by atoms with E-state index in [2.05, 4.69) is 11.0 Å². The van der Waals surface area contributed by atoms with Crippen molar-refractivity contribution >= 4 is 38.7 Å². The van der Waals surface area contributed by atoms with Gasteiger partial charge in [0.2, 0.25) is 12.7 Å². The molecule has 0 unspecified atom stereocenters. The highest BCUT2D eigenvalue weighted by molar-refractivity contribution is 7.22. The number of carbonyl (C=O) groups is 1. The van der Waals surface area contributed by atoms with Gasteiger partial charge < -0.3 is 24.0 Å². The lowest BCUT2D eigenvalue weighted by atomic mass is 10.2. The molecule has 0 spiro atoms. The molecule has 0 atom stereocenters. The van der Waals surface area contributed by atoms with Crippen molar-refractivity contribution in [3.63, 3.8) is 0 Å². The summed E-state index contributed by atoms with van der Waals surface area (Å²) in [7, 11) is 0. The maximum atomic E-state index is 12.6. The SMILES string of the molecule is CCOc1cccc2sc(N3CCN(C(=O)/C=C\c4ccc5c(c4)OCO5)CC3)nc12. The summed E-state index contributed by atoms with van der Waals surface area (Å²) in [4.78, 5) is 21.6.